The van der Waals surface area contributed by atoms with Gasteiger partial charge in [0.15, 0.2) is 0 Å². The molecule has 0 aliphatic heterocycles. The standard InChI is InChI=1S/C15H19NO5/c1-15(2,9-12(17)8-13(18)19)16-14(20)21-10-11-6-4-3-5-7-11/h3-7H,8-10H2,1-2H3,(H,16,20)(H,18,19). The summed E-state index contributed by atoms with van der Waals surface area (Å²) >= 11 is 0. The lowest BCUT2D eigenvalue weighted by atomic mass is 9.96. The zero-order chi connectivity index (χ0) is 15.9. The zero-order valence-corrected chi connectivity index (χ0v) is 12.1. The molecule has 1 amide bonds. The molecule has 0 heterocycles. The van der Waals surface area contributed by atoms with Crippen LogP contribution in [0, 0.1) is 0 Å². The molecule has 6 nitrogen and oxygen atoms in total. The van der Waals surface area contributed by atoms with Crippen LogP contribution in [0.3, 0.4) is 0 Å². The summed E-state index contributed by atoms with van der Waals surface area (Å²) < 4.78 is 5.05. The van der Waals surface area contributed by atoms with E-state index in [0.29, 0.717) is 0 Å². The van der Waals surface area contributed by atoms with Crippen LogP contribution in [0.25, 0.3) is 0 Å². The summed E-state index contributed by atoms with van der Waals surface area (Å²) in [6, 6.07) is 9.20. The smallest absolute Gasteiger partial charge is 0.407 e. The number of aliphatic carboxylic acids is 1. The highest BCUT2D eigenvalue weighted by Crippen LogP contribution is 2.11. The van der Waals surface area contributed by atoms with Crippen molar-refractivity contribution < 1.29 is 24.2 Å². The molecule has 1 aromatic rings. The number of carboxylic acids is 1. The van der Waals surface area contributed by atoms with Crippen LogP contribution < -0.4 is 5.32 Å². The number of rotatable bonds is 7. The average molecular weight is 293 g/mol. The second kappa shape index (κ2) is 7.42. The highest BCUT2D eigenvalue weighted by Gasteiger charge is 2.25. The summed E-state index contributed by atoms with van der Waals surface area (Å²) in [5, 5.41) is 11.1. The van der Waals surface area contributed by atoms with Gasteiger partial charge in [0.2, 0.25) is 0 Å². The van der Waals surface area contributed by atoms with E-state index in [0.717, 1.165) is 5.56 Å². The Morgan fingerprint density at radius 1 is 1.19 bits per heavy atom. The van der Waals surface area contributed by atoms with Crippen LogP contribution in [0.15, 0.2) is 30.3 Å². The van der Waals surface area contributed by atoms with Gasteiger partial charge in [-0.05, 0) is 19.4 Å². The predicted octanol–water partition coefficient (Wildman–Crippen LogP) is 2.13. The quantitative estimate of drug-likeness (QED) is 0.751. The van der Waals surface area contributed by atoms with Gasteiger partial charge in [-0.2, -0.15) is 0 Å². The van der Waals surface area contributed by atoms with Gasteiger partial charge in [0, 0.05) is 12.0 Å². The molecular formula is C15H19NO5. The molecule has 0 atom stereocenters. The van der Waals surface area contributed by atoms with Crippen molar-refractivity contribution in [3.63, 3.8) is 0 Å². The number of Topliss-reactive ketones (excluding diaryl/α,β-unsaturated/α-hetero) is 1. The Morgan fingerprint density at radius 2 is 1.81 bits per heavy atom. The van der Waals surface area contributed by atoms with Crippen LogP contribution in [0.2, 0.25) is 0 Å². The van der Waals surface area contributed by atoms with Crippen molar-refractivity contribution in [1.82, 2.24) is 5.32 Å². The third kappa shape index (κ3) is 7.10. The Balaban J connectivity index is 2.41. The number of nitrogens with one attached hydrogen (secondary N) is 1. The van der Waals surface area contributed by atoms with E-state index < -0.39 is 29.8 Å². The number of ether oxygens (including phenoxy) is 1. The number of carbonyl (C=O) groups excluding carboxylic acids is 2. The van der Waals surface area contributed by atoms with E-state index in [4.69, 9.17) is 9.84 Å². The first-order valence-corrected chi connectivity index (χ1v) is 6.51. The summed E-state index contributed by atoms with van der Waals surface area (Å²) in [7, 11) is 0. The lowest BCUT2D eigenvalue weighted by molar-refractivity contribution is -0.140. The molecule has 0 radical (unpaired) electrons. The second-order valence-electron chi connectivity index (χ2n) is 5.36. The average Bonchev–Trinajstić information content (AvgIpc) is 2.35. The van der Waals surface area contributed by atoms with E-state index >= 15 is 0 Å². The first kappa shape index (κ1) is 16.7. The minimum atomic E-state index is -1.18. The number of carbonyl (C=O) groups is 3. The molecule has 0 saturated heterocycles. The minimum Gasteiger partial charge on any atom is -0.481 e. The van der Waals surface area contributed by atoms with Crippen molar-refractivity contribution in [3.05, 3.63) is 35.9 Å². The number of alkyl carbamates (subject to hydrolysis) is 1. The van der Waals surface area contributed by atoms with Crippen LogP contribution in [-0.4, -0.2) is 28.5 Å². The van der Waals surface area contributed by atoms with Gasteiger partial charge in [0.05, 0.1) is 0 Å². The molecule has 1 rings (SSSR count). The molecule has 21 heavy (non-hydrogen) atoms. The van der Waals surface area contributed by atoms with E-state index in [2.05, 4.69) is 5.32 Å². The number of ketones is 1. The summed E-state index contributed by atoms with van der Waals surface area (Å²) in [4.78, 5) is 33.6. The van der Waals surface area contributed by atoms with Gasteiger partial charge in [0.1, 0.15) is 18.8 Å². The zero-order valence-electron chi connectivity index (χ0n) is 12.1. The van der Waals surface area contributed by atoms with Gasteiger partial charge in [0.25, 0.3) is 0 Å². The van der Waals surface area contributed by atoms with Crippen molar-refractivity contribution >= 4 is 17.8 Å². The Kier molecular flexibility index (Phi) is 5.90. The molecule has 0 fully saturated rings. The number of hydrogen-bond acceptors (Lipinski definition) is 4. The maximum atomic E-state index is 11.7. The van der Waals surface area contributed by atoms with E-state index in [1.165, 1.54) is 0 Å². The Hall–Kier alpha value is -2.37. The first-order valence-electron chi connectivity index (χ1n) is 6.51. The Labute approximate surface area is 123 Å². The number of carboxylic acid groups (broad SMARTS) is 1. The number of amides is 1. The van der Waals surface area contributed by atoms with E-state index in [1.807, 2.05) is 30.3 Å². The van der Waals surface area contributed by atoms with Crippen molar-refractivity contribution in [2.24, 2.45) is 0 Å². The number of benzene rings is 1. The van der Waals surface area contributed by atoms with Crippen molar-refractivity contribution in [2.45, 2.75) is 38.8 Å². The SMILES string of the molecule is CC(C)(CC(=O)CC(=O)O)NC(=O)OCc1ccccc1. The van der Waals surface area contributed by atoms with E-state index in [9.17, 15) is 14.4 Å². The highest BCUT2D eigenvalue weighted by molar-refractivity contribution is 5.95. The largest absolute Gasteiger partial charge is 0.481 e. The molecule has 0 aliphatic carbocycles. The summed E-state index contributed by atoms with van der Waals surface area (Å²) in [5.41, 5.74) is -0.00673. The monoisotopic (exact) mass is 293 g/mol. The minimum absolute atomic E-state index is 0.0697. The maximum Gasteiger partial charge on any atom is 0.407 e. The predicted molar refractivity (Wildman–Crippen MR) is 75.7 cm³/mol. The van der Waals surface area contributed by atoms with Crippen molar-refractivity contribution in [3.8, 4) is 0 Å². The van der Waals surface area contributed by atoms with Crippen molar-refractivity contribution in [1.29, 1.82) is 0 Å². The van der Waals surface area contributed by atoms with Gasteiger partial charge < -0.3 is 15.2 Å². The summed E-state index contributed by atoms with van der Waals surface area (Å²) in [6.45, 7) is 3.40. The number of hydrogen-bond donors (Lipinski definition) is 2. The molecular weight excluding hydrogens is 274 g/mol. The van der Waals surface area contributed by atoms with Crippen LogP contribution in [0.5, 0.6) is 0 Å². The molecule has 0 unspecified atom stereocenters. The van der Waals surface area contributed by atoms with Gasteiger partial charge in [-0.25, -0.2) is 4.79 Å². The summed E-state index contributed by atoms with van der Waals surface area (Å²) in [6.07, 6.45) is -1.27. The maximum absolute atomic E-state index is 11.7. The molecule has 114 valence electrons. The Bertz CT molecular complexity index is 510. The van der Waals surface area contributed by atoms with Crippen molar-refractivity contribution in [2.75, 3.05) is 0 Å². The van der Waals surface area contributed by atoms with Gasteiger partial charge in [-0.15, -0.1) is 0 Å². The van der Waals surface area contributed by atoms with Crippen LogP contribution in [0.1, 0.15) is 32.3 Å². The van der Waals surface area contributed by atoms with Crippen LogP contribution >= 0.6 is 0 Å². The first-order chi connectivity index (χ1) is 9.78. The molecule has 0 bridgehead atoms. The molecule has 2 N–H and O–H groups in total. The summed E-state index contributed by atoms with van der Waals surface area (Å²) in [5.74, 6) is -1.63. The third-order valence-corrected chi connectivity index (χ3v) is 2.64. The Morgan fingerprint density at radius 3 is 2.38 bits per heavy atom. The van der Waals surface area contributed by atoms with Crippen LogP contribution in [-0.2, 0) is 20.9 Å². The van der Waals surface area contributed by atoms with Gasteiger partial charge >= 0.3 is 12.1 Å². The third-order valence-electron chi connectivity index (χ3n) is 2.64. The van der Waals surface area contributed by atoms with Crippen LogP contribution in [0.4, 0.5) is 4.79 Å². The molecule has 0 spiro atoms. The lowest BCUT2D eigenvalue weighted by Crippen LogP contribution is -2.45. The van der Waals surface area contributed by atoms with E-state index in [-0.39, 0.29) is 13.0 Å². The fourth-order valence-electron chi connectivity index (χ4n) is 1.80. The fraction of sp³-hybridized carbons (Fsp3) is 0.400. The molecule has 6 heteroatoms. The van der Waals surface area contributed by atoms with E-state index in [1.54, 1.807) is 13.8 Å². The van der Waals surface area contributed by atoms with Gasteiger partial charge in [-0.1, -0.05) is 30.3 Å². The highest BCUT2D eigenvalue weighted by atomic mass is 16.5. The molecule has 0 saturated carbocycles. The molecule has 0 aromatic heterocycles. The topological polar surface area (TPSA) is 92.7 Å². The van der Waals surface area contributed by atoms with Gasteiger partial charge in [-0.3, -0.25) is 9.59 Å². The lowest BCUT2D eigenvalue weighted by Gasteiger charge is -2.24. The molecule has 0 aliphatic rings. The second-order valence-corrected chi connectivity index (χ2v) is 5.36. The fourth-order valence-corrected chi connectivity index (χ4v) is 1.80. The normalized spacial score (nSPS) is 10.8. The molecule has 1 aromatic carbocycles.